The van der Waals surface area contributed by atoms with Gasteiger partial charge in [-0.05, 0) is 36.8 Å². The Hall–Kier alpha value is -1.85. The molecule has 19 heavy (non-hydrogen) atoms. The lowest BCUT2D eigenvalue weighted by molar-refractivity contribution is -0.385. The molecule has 2 aromatic rings. The number of hydrogen-bond acceptors (Lipinski definition) is 4. The minimum Gasteiger partial charge on any atom is -0.392 e. The summed E-state index contributed by atoms with van der Waals surface area (Å²) in [5, 5.41) is 19.7. The zero-order chi connectivity index (χ0) is 13.8. The van der Waals surface area contributed by atoms with Gasteiger partial charge < -0.3 is 5.11 Å². The first kappa shape index (κ1) is 13.6. The summed E-state index contributed by atoms with van der Waals surface area (Å²) in [6.45, 7) is 1.76. The van der Waals surface area contributed by atoms with E-state index in [9.17, 15) is 10.1 Å². The maximum Gasteiger partial charge on any atom is 0.272 e. The second kappa shape index (κ2) is 5.86. The van der Waals surface area contributed by atoms with Crippen molar-refractivity contribution in [3.05, 3.63) is 63.7 Å². The number of aliphatic hydroxyl groups is 1. The Morgan fingerprint density at radius 3 is 2.32 bits per heavy atom. The minimum absolute atomic E-state index is 0.0294. The van der Waals surface area contributed by atoms with Gasteiger partial charge in [0.1, 0.15) is 0 Å². The molecule has 4 nitrogen and oxygen atoms in total. The van der Waals surface area contributed by atoms with Crippen LogP contribution < -0.4 is 0 Å². The van der Waals surface area contributed by atoms with Crippen molar-refractivity contribution in [1.82, 2.24) is 0 Å². The fourth-order valence-electron chi connectivity index (χ4n) is 1.70. The van der Waals surface area contributed by atoms with Crippen molar-refractivity contribution < 1.29 is 10.0 Å². The summed E-state index contributed by atoms with van der Waals surface area (Å²) in [5.41, 5.74) is 1.66. The third-order valence-corrected chi connectivity index (χ3v) is 3.70. The van der Waals surface area contributed by atoms with Crippen molar-refractivity contribution in [2.24, 2.45) is 0 Å². The van der Waals surface area contributed by atoms with Crippen molar-refractivity contribution in [3.8, 4) is 0 Å². The average molecular weight is 275 g/mol. The van der Waals surface area contributed by atoms with Crippen LogP contribution in [0.3, 0.4) is 0 Å². The van der Waals surface area contributed by atoms with E-state index in [0.717, 1.165) is 15.4 Å². The van der Waals surface area contributed by atoms with Crippen molar-refractivity contribution in [2.45, 2.75) is 23.3 Å². The largest absolute Gasteiger partial charge is 0.392 e. The van der Waals surface area contributed by atoms with E-state index in [1.54, 1.807) is 13.0 Å². The highest BCUT2D eigenvalue weighted by atomic mass is 32.2. The molecule has 0 spiro atoms. The maximum atomic E-state index is 10.7. The summed E-state index contributed by atoms with van der Waals surface area (Å²) >= 11 is 1.54. The van der Waals surface area contributed by atoms with E-state index in [4.69, 9.17) is 5.11 Å². The highest BCUT2D eigenvalue weighted by molar-refractivity contribution is 7.99. The molecule has 2 aromatic carbocycles. The number of nitro groups is 1. The molecule has 0 fully saturated rings. The molecule has 0 bridgehead atoms. The quantitative estimate of drug-likeness (QED) is 0.684. The lowest BCUT2D eigenvalue weighted by atomic mass is 10.2. The Kier molecular flexibility index (Phi) is 4.19. The first-order valence-corrected chi connectivity index (χ1v) is 6.54. The minimum atomic E-state index is -0.375. The van der Waals surface area contributed by atoms with Crippen LogP contribution in [0.25, 0.3) is 0 Å². The number of aryl methyl sites for hydroxylation is 1. The topological polar surface area (TPSA) is 63.4 Å². The van der Waals surface area contributed by atoms with E-state index in [0.29, 0.717) is 5.56 Å². The van der Waals surface area contributed by atoms with Gasteiger partial charge in [0.25, 0.3) is 5.69 Å². The number of benzene rings is 2. The molecule has 0 saturated heterocycles. The standard InChI is InChI=1S/C14H13NO3S/c1-10-8-13(6-7-14(10)15(17)18)19-12-4-2-11(9-16)3-5-12/h2-8,16H,9H2,1H3. The Labute approximate surface area is 115 Å². The SMILES string of the molecule is Cc1cc(Sc2ccc(CO)cc2)ccc1[N+](=O)[O-]. The lowest BCUT2D eigenvalue weighted by Crippen LogP contribution is -1.91. The molecule has 0 atom stereocenters. The molecule has 0 heterocycles. The molecule has 0 radical (unpaired) electrons. The van der Waals surface area contributed by atoms with E-state index >= 15 is 0 Å². The van der Waals surface area contributed by atoms with E-state index in [2.05, 4.69) is 0 Å². The fraction of sp³-hybridized carbons (Fsp3) is 0.143. The van der Waals surface area contributed by atoms with Crippen molar-refractivity contribution in [1.29, 1.82) is 0 Å². The molecule has 0 aliphatic carbocycles. The van der Waals surface area contributed by atoms with Gasteiger partial charge in [0.15, 0.2) is 0 Å². The summed E-state index contributed by atoms with van der Waals surface area (Å²) < 4.78 is 0. The van der Waals surface area contributed by atoms with Crippen LogP contribution in [0, 0.1) is 17.0 Å². The summed E-state index contributed by atoms with van der Waals surface area (Å²) in [5.74, 6) is 0. The molecule has 2 rings (SSSR count). The monoisotopic (exact) mass is 275 g/mol. The van der Waals surface area contributed by atoms with Crippen molar-refractivity contribution in [2.75, 3.05) is 0 Å². The Morgan fingerprint density at radius 2 is 1.79 bits per heavy atom. The predicted molar refractivity (Wildman–Crippen MR) is 74.3 cm³/mol. The van der Waals surface area contributed by atoms with Gasteiger partial charge in [0.05, 0.1) is 11.5 Å². The first-order chi connectivity index (χ1) is 9.10. The predicted octanol–water partition coefficient (Wildman–Crippen LogP) is 3.55. The van der Waals surface area contributed by atoms with Crippen molar-refractivity contribution >= 4 is 17.4 Å². The molecule has 0 amide bonds. The third kappa shape index (κ3) is 3.33. The van der Waals surface area contributed by atoms with Gasteiger partial charge in [-0.3, -0.25) is 10.1 Å². The molecular weight excluding hydrogens is 262 g/mol. The fourth-order valence-corrected chi connectivity index (χ4v) is 2.61. The van der Waals surface area contributed by atoms with Gasteiger partial charge in [-0.25, -0.2) is 0 Å². The number of aliphatic hydroxyl groups excluding tert-OH is 1. The average Bonchev–Trinajstić information content (AvgIpc) is 2.39. The molecule has 0 aliphatic rings. The van der Waals surface area contributed by atoms with Crippen LogP contribution in [0.4, 0.5) is 5.69 Å². The smallest absolute Gasteiger partial charge is 0.272 e. The van der Waals surface area contributed by atoms with Crippen LogP contribution in [0.15, 0.2) is 52.3 Å². The van der Waals surface area contributed by atoms with Crippen LogP contribution >= 0.6 is 11.8 Å². The van der Waals surface area contributed by atoms with E-state index in [1.165, 1.54) is 17.8 Å². The van der Waals surface area contributed by atoms with Crippen LogP contribution in [-0.2, 0) is 6.61 Å². The highest BCUT2D eigenvalue weighted by Crippen LogP contribution is 2.31. The molecule has 0 unspecified atom stereocenters. The Morgan fingerprint density at radius 1 is 1.16 bits per heavy atom. The molecule has 5 heteroatoms. The Bertz CT molecular complexity index is 596. The van der Waals surface area contributed by atoms with E-state index in [1.807, 2.05) is 30.3 Å². The van der Waals surface area contributed by atoms with Gasteiger partial charge in [0.2, 0.25) is 0 Å². The summed E-state index contributed by atoms with van der Waals surface area (Å²) in [6.07, 6.45) is 0. The third-order valence-electron chi connectivity index (χ3n) is 2.71. The summed E-state index contributed by atoms with van der Waals surface area (Å²) in [7, 11) is 0. The molecule has 0 aliphatic heterocycles. The number of nitro benzene ring substituents is 1. The van der Waals surface area contributed by atoms with Crippen LogP contribution in [0.1, 0.15) is 11.1 Å². The van der Waals surface area contributed by atoms with Crippen LogP contribution in [0.2, 0.25) is 0 Å². The normalized spacial score (nSPS) is 10.4. The second-order valence-corrected chi connectivity index (χ2v) is 5.26. The molecule has 0 aromatic heterocycles. The van der Waals surface area contributed by atoms with Gasteiger partial charge in [-0.2, -0.15) is 0 Å². The van der Waals surface area contributed by atoms with Gasteiger partial charge in [-0.1, -0.05) is 23.9 Å². The van der Waals surface area contributed by atoms with Crippen LogP contribution in [-0.4, -0.2) is 10.0 Å². The molecule has 98 valence electrons. The Balaban J connectivity index is 2.18. The molecular formula is C14H13NO3S. The maximum absolute atomic E-state index is 10.7. The summed E-state index contributed by atoms with van der Waals surface area (Å²) in [4.78, 5) is 12.4. The van der Waals surface area contributed by atoms with Gasteiger partial charge in [-0.15, -0.1) is 0 Å². The zero-order valence-electron chi connectivity index (χ0n) is 10.4. The zero-order valence-corrected chi connectivity index (χ0v) is 11.2. The van der Waals surface area contributed by atoms with Gasteiger partial charge in [0, 0.05) is 21.4 Å². The van der Waals surface area contributed by atoms with E-state index in [-0.39, 0.29) is 17.2 Å². The van der Waals surface area contributed by atoms with E-state index < -0.39 is 0 Å². The van der Waals surface area contributed by atoms with Crippen LogP contribution in [0.5, 0.6) is 0 Å². The number of rotatable bonds is 4. The number of nitrogens with zero attached hydrogens (tertiary/aromatic N) is 1. The highest BCUT2D eigenvalue weighted by Gasteiger charge is 2.10. The van der Waals surface area contributed by atoms with Gasteiger partial charge >= 0.3 is 0 Å². The number of hydrogen-bond donors (Lipinski definition) is 1. The van der Waals surface area contributed by atoms with Crippen molar-refractivity contribution in [3.63, 3.8) is 0 Å². The second-order valence-electron chi connectivity index (χ2n) is 4.11. The molecule has 1 N–H and O–H groups in total. The summed E-state index contributed by atoms with van der Waals surface area (Å²) in [6, 6.07) is 12.7. The molecule has 0 saturated carbocycles. The lowest BCUT2D eigenvalue weighted by Gasteiger charge is -2.04. The first-order valence-electron chi connectivity index (χ1n) is 5.73.